The van der Waals surface area contributed by atoms with Crippen molar-refractivity contribution in [1.82, 2.24) is 0 Å². The van der Waals surface area contributed by atoms with Crippen LogP contribution in [0.3, 0.4) is 0 Å². The molecule has 3 aliphatic carbocycles. The van der Waals surface area contributed by atoms with Crippen molar-refractivity contribution in [3.05, 3.63) is 40.4 Å². The lowest BCUT2D eigenvalue weighted by atomic mass is 9.63. The van der Waals surface area contributed by atoms with Crippen molar-refractivity contribution in [3.63, 3.8) is 0 Å². The van der Waals surface area contributed by atoms with E-state index in [4.69, 9.17) is 0 Å². The van der Waals surface area contributed by atoms with Crippen LogP contribution in [0.2, 0.25) is 0 Å². The van der Waals surface area contributed by atoms with Gasteiger partial charge in [-0.25, -0.2) is 4.90 Å². The Bertz CT molecular complexity index is 649. The number of halogens is 1. The molecule has 4 aliphatic rings. The van der Waals surface area contributed by atoms with Gasteiger partial charge >= 0.3 is 0 Å². The summed E-state index contributed by atoms with van der Waals surface area (Å²) in [6.45, 7) is 1.99. The first-order valence-electron chi connectivity index (χ1n) is 7.40. The third kappa shape index (κ3) is 1.78. The molecule has 5 rings (SSSR count). The summed E-state index contributed by atoms with van der Waals surface area (Å²) in [5, 5.41) is 0. The minimum atomic E-state index is -0.144. The summed E-state index contributed by atoms with van der Waals surface area (Å²) in [5.74, 6) is 0.155. The lowest BCUT2D eigenvalue weighted by Crippen LogP contribution is -2.38. The summed E-state index contributed by atoms with van der Waals surface area (Å²) in [6, 6.07) is 5.75. The van der Waals surface area contributed by atoms with Gasteiger partial charge < -0.3 is 0 Å². The second-order valence-electron chi connectivity index (χ2n) is 6.31. The molecule has 0 spiro atoms. The number of fused-ring (bicyclic) bond motifs is 1. The zero-order chi connectivity index (χ0) is 14.7. The third-order valence-electron chi connectivity index (χ3n) is 5.10. The molecule has 1 saturated heterocycles. The Hall–Kier alpha value is -1.42. The molecule has 1 aliphatic heterocycles. The molecule has 0 aromatic heterocycles. The zero-order valence-electron chi connectivity index (χ0n) is 11.8. The van der Waals surface area contributed by atoms with Crippen molar-refractivity contribution in [2.75, 3.05) is 4.90 Å². The van der Waals surface area contributed by atoms with E-state index < -0.39 is 0 Å². The van der Waals surface area contributed by atoms with Gasteiger partial charge in [-0.15, -0.1) is 0 Å². The maximum absolute atomic E-state index is 12.8. The van der Waals surface area contributed by atoms with Crippen molar-refractivity contribution >= 4 is 33.4 Å². The molecule has 1 saturated carbocycles. The zero-order valence-corrected chi connectivity index (χ0v) is 13.3. The average Bonchev–Trinajstić information content (AvgIpc) is 2.75. The van der Waals surface area contributed by atoms with Gasteiger partial charge in [0.1, 0.15) is 0 Å². The van der Waals surface area contributed by atoms with E-state index in [2.05, 4.69) is 28.1 Å². The lowest BCUT2D eigenvalue weighted by Gasteiger charge is -2.38. The Kier molecular flexibility index (Phi) is 2.86. The molecule has 21 heavy (non-hydrogen) atoms. The van der Waals surface area contributed by atoms with Crippen LogP contribution >= 0.6 is 15.9 Å². The van der Waals surface area contributed by atoms with E-state index in [1.165, 1.54) is 4.90 Å². The fourth-order valence-corrected chi connectivity index (χ4v) is 4.78. The first-order chi connectivity index (χ1) is 10.1. The Morgan fingerprint density at radius 3 is 2.10 bits per heavy atom. The van der Waals surface area contributed by atoms with Crippen molar-refractivity contribution in [2.24, 2.45) is 23.7 Å². The smallest absolute Gasteiger partial charge is 0.238 e. The normalized spacial score (nSPS) is 33.7. The molecule has 2 fully saturated rings. The van der Waals surface area contributed by atoms with Crippen LogP contribution in [-0.4, -0.2) is 11.8 Å². The number of carbonyl (C=O) groups excluding carboxylic acids is 2. The van der Waals surface area contributed by atoms with Crippen LogP contribution in [0.4, 0.5) is 5.69 Å². The quantitative estimate of drug-likeness (QED) is 0.577. The molecule has 0 N–H and O–H groups in total. The van der Waals surface area contributed by atoms with Crippen molar-refractivity contribution < 1.29 is 9.59 Å². The van der Waals surface area contributed by atoms with Crippen LogP contribution in [0.15, 0.2) is 34.8 Å². The molecule has 1 aromatic rings. The monoisotopic (exact) mass is 345 g/mol. The molecular weight excluding hydrogens is 330 g/mol. The van der Waals surface area contributed by atoms with Gasteiger partial charge in [-0.05, 0) is 65.2 Å². The number of aryl methyl sites for hydroxylation is 1. The van der Waals surface area contributed by atoms with E-state index in [9.17, 15) is 9.59 Å². The van der Waals surface area contributed by atoms with E-state index in [1.807, 2.05) is 25.1 Å². The van der Waals surface area contributed by atoms with E-state index in [1.54, 1.807) is 0 Å². The molecule has 0 unspecified atom stereocenters. The molecule has 2 amide bonds. The molecule has 3 nitrogen and oxygen atoms in total. The molecule has 4 heteroatoms. The van der Waals surface area contributed by atoms with Crippen molar-refractivity contribution in [3.8, 4) is 0 Å². The number of allylic oxidation sites excluding steroid dienone is 2. The number of hydrogen-bond acceptors (Lipinski definition) is 2. The van der Waals surface area contributed by atoms with Crippen molar-refractivity contribution in [2.45, 2.75) is 19.8 Å². The van der Waals surface area contributed by atoms with Gasteiger partial charge in [-0.2, -0.15) is 0 Å². The van der Waals surface area contributed by atoms with Gasteiger partial charge in [-0.1, -0.05) is 18.2 Å². The summed E-state index contributed by atoms with van der Waals surface area (Å²) in [6.07, 6.45) is 6.36. The minimum absolute atomic E-state index is 0.0198. The van der Waals surface area contributed by atoms with Gasteiger partial charge in [0.05, 0.1) is 17.5 Å². The number of imide groups is 1. The SMILES string of the molecule is Cc1ccc(N2C(=O)[C@@H]3[C@H](C2=O)[C@H]2C=C[C@@H]3CC2)c(Br)c1. The Morgan fingerprint density at radius 1 is 1.05 bits per heavy atom. The predicted octanol–water partition coefficient (Wildman–Crippen LogP) is 3.46. The molecule has 4 atom stereocenters. The number of benzene rings is 1. The third-order valence-corrected chi connectivity index (χ3v) is 5.74. The van der Waals surface area contributed by atoms with Gasteiger partial charge in [0.15, 0.2) is 0 Å². The highest BCUT2D eigenvalue weighted by molar-refractivity contribution is 9.10. The Labute approximate surface area is 132 Å². The standard InChI is InChI=1S/C17H16BrNO2/c1-9-2-7-13(12(18)8-9)19-16(20)14-10-3-4-11(6-5-10)15(14)17(19)21/h2-4,7-8,10-11,14-15H,5-6H2,1H3/t10-,11+,14+,15-. The van der Waals surface area contributed by atoms with E-state index in [0.29, 0.717) is 5.69 Å². The number of amides is 2. The maximum Gasteiger partial charge on any atom is 0.238 e. The summed E-state index contributed by atoms with van der Waals surface area (Å²) in [4.78, 5) is 27.1. The number of carbonyl (C=O) groups is 2. The second kappa shape index (κ2) is 4.54. The number of nitrogens with zero attached hydrogens (tertiary/aromatic N) is 1. The Balaban J connectivity index is 1.78. The highest BCUT2D eigenvalue weighted by atomic mass is 79.9. The topological polar surface area (TPSA) is 37.4 Å². The Morgan fingerprint density at radius 2 is 1.62 bits per heavy atom. The molecule has 1 aromatic carbocycles. The molecular formula is C17H16BrNO2. The molecule has 2 bridgehead atoms. The van der Waals surface area contributed by atoms with Crippen molar-refractivity contribution in [1.29, 1.82) is 0 Å². The maximum atomic E-state index is 12.8. The second-order valence-corrected chi connectivity index (χ2v) is 7.16. The highest BCUT2D eigenvalue weighted by Gasteiger charge is 2.57. The van der Waals surface area contributed by atoms with Gasteiger partial charge in [0, 0.05) is 4.47 Å². The van der Waals surface area contributed by atoms with Gasteiger partial charge in [-0.3, -0.25) is 9.59 Å². The summed E-state index contributed by atoms with van der Waals surface area (Å²) < 4.78 is 0.808. The average molecular weight is 346 g/mol. The fourth-order valence-electron chi connectivity index (χ4n) is 4.10. The summed E-state index contributed by atoms with van der Waals surface area (Å²) >= 11 is 3.50. The van der Waals surface area contributed by atoms with Crippen LogP contribution in [-0.2, 0) is 9.59 Å². The van der Waals surface area contributed by atoms with E-state index in [0.717, 1.165) is 22.9 Å². The fraction of sp³-hybridized carbons (Fsp3) is 0.412. The first kappa shape index (κ1) is 13.3. The summed E-state index contributed by atoms with van der Waals surface area (Å²) in [7, 11) is 0. The van der Waals surface area contributed by atoms with E-state index in [-0.39, 0.29) is 35.5 Å². The molecule has 1 heterocycles. The number of rotatable bonds is 1. The molecule has 0 radical (unpaired) electrons. The minimum Gasteiger partial charge on any atom is -0.274 e. The largest absolute Gasteiger partial charge is 0.274 e. The number of anilines is 1. The first-order valence-corrected chi connectivity index (χ1v) is 8.19. The summed E-state index contributed by atoms with van der Waals surface area (Å²) in [5.41, 5.74) is 1.79. The highest BCUT2D eigenvalue weighted by Crippen LogP contribution is 2.51. The van der Waals surface area contributed by atoms with Crippen LogP contribution < -0.4 is 4.90 Å². The van der Waals surface area contributed by atoms with Crippen LogP contribution in [0, 0.1) is 30.6 Å². The predicted molar refractivity (Wildman–Crippen MR) is 83.7 cm³/mol. The molecule has 108 valence electrons. The van der Waals surface area contributed by atoms with Gasteiger partial charge in [0.2, 0.25) is 11.8 Å². The number of hydrogen-bond donors (Lipinski definition) is 0. The van der Waals surface area contributed by atoms with Crippen LogP contribution in [0.5, 0.6) is 0 Å². The lowest BCUT2D eigenvalue weighted by molar-refractivity contribution is -0.124. The van der Waals surface area contributed by atoms with Crippen LogP contribution in [0.25, 0.3) is 0 Å². The van der Waals surface area contributed by atoms with Crippen LogP contribution in [0.1, 0.15) is 18.4 Å². The van der Waals surface area contributed by atoms with Gasteiger partial charge in [0.25, 0.3) is 0 Å². The van der Waals surface area contributed by atoms with E-state index >= 15 is 0 Å².